The molecular formula is C16H12BrN3O4. The van der Waals surface area contributed by atoms with Gasteiger partial charge in [-0.25, -0.2) is 4.79 Å². The van der Waals surface area contributed by atoms with Gasteiger partial charge in [0.1, 0.15) is 5.75 Å². The van der Waals surface area contributed by atoms with Crippen LogP contribution in [0.2, 0.25) is 0 Å². The van der Waals surface area contributed by atoms with Gasteiger partial charge < -0.3 is 14.0 Å². The standard InChI is InChI=1S/C16H12BrN3O4/c1-22-13-5-3-2-4-12(13)15-19-14(24-20-15)9-23-16(21)10-6-11(17)8-18-7-10/h2-8H,9H2,1H3. The molecule has 0 atom stereocenters. The molecule has 3 rings (SSSR count). The van der Waals surface area contributed by atoms with Crippen LogP contribution in [-0.2, 0) is 11.3 Å². The number of hydrogen-bond acceptors (Lipinski definition) is 7. The summed E-state index contributed by atoms with van der Waals surface area (Å²) in [5.74, 6) is 0.651. The van der Waals surface area contributed by atoms with Crippen molar-refractivity contribution in [3.63, 3.8) is 0 Å². The molecular weight excluding hydrogens is 378 g/mol. The lowest BCUT2D eigenvalue weighted by atomic mass is 10.2. The molecule has 0 radical (unpaired) electrons. The summed E-state index contributed by atoms with van der Waals surface area (Å²) in [6.07, 6.45) is 3.00. The van der Waals surface area contributed by atoms with Gasteiger partial charge in [0.05, 0.1) is 18.2 Å². The Morgan fingerprint density at radius 1 is 1.29 bits per heavy atom. The lowest BCUT2D eigenvalue weighted by Gasteiger charge is -2.03. The van der Waals surface area contributed by atoms with Gasteiger partial charge in [-0.2, -0.15) is 4.98 Å². The number of halogens is 1. The fourth-order valence-electron chi connectivity index (χ4n) is 1.99. The van der Waals surface area contributed by atoms with Crippen molar-refractivity contribution in [2.75, 3.05) is 7.11 Å². The molecule has 1 aromatic carbocycles. The van der Waals surface area contributed by atoms with E-state index in [9.17, 15) is 4.79 Å². The van der Waals surface area contributed by atoms with Crippen LogP contribution in [0.5, 0.6) is 5.75 Å². The van der Waals surface area contributed by atoms with E-state index in [0.717, 1.165) is 0 Å². The first-order valence-corrected chi connectivity index (χ1v) is 7.70. The minimum Gasteiger partial charge on any atom is -0.496 e. The highest BCUT2D eigenvalue weighted by atomic mass is 79.9. The van der Waals surface area contributed by atoms with Gasteiger partial charge in [-0.15, -0.1) is 0 Å². The van der Waals surface area contributed by atoms with Crippen molar-refractivity contribution in [2.24, 2.45) is 0 Å². The zero-order valence-electron chi connectivity index (χ0n) is 12.6. The number of carbonyl (C=O) groups is 1. The summed E-state index contributed by atoms with van der Waals surface area (Å²) in [5, 5.41) is 3.88. The largest absolute Gasteiger partial charge is 0.496 e. The van der Waals surface area contributed by atoms with Gasteiger partial charge in [0.2, 0.25) is 5.82 Å². The van der Waals surface area contributed by atoms with Crippen molar-refractivity contribution in [3.05, 3.63) is 58.7 Å². The Morgan fingerprint density at radius 3 is 2.92 bits per heavy atom. The molecule has 0 amide bonds. The van der Waals surface area contributed by atoms with Gasteiger partial charge in [0.15, 0.2) is 6.61 Å². The SMILES string of the molecule is COc1ccccc1-c1noc(COC(=O)c2cncc(Br)c2)n1. The molecule has 0 saturated heterocycles. The van der Waals surface area contributed by atoms with Crippen LogP contribution in [0.3, 0.4) is 0 Å². The summed E-state index contributed by atoms with van der Waals surface area (Å²) in [6, 6.07) is 8.91. The smallest absolute Gasteiger partial charge is 0.340 e. The number of ether oxygens (including phenoxy) is 2. The van der Waals surface area contributed by atoms with Crippen molar-refractivity contribution in [3.8, 4) is 17.1 Å². The molecule has 0 bridgehead atoms. The maximum absolute atomic E-state index is 12.0. The molecule has 0 aliphatic rings. The second kappa shape index (κ2) is 7.22. The van der Waals surface area contributed by atoms with Crippen LogP contribution >= 0.6 is 15.9 Å². The molecule has 2 aromatic heterocycles. The second-order valence-corrected chi connectivity index (χ2v) is 5.60. The van der Waals surface area contributed by atoms with Gasteiger partial charge in [-0.1, -0.05) is 17.3 Å². The normalized spacial score (nSPS) is 10.4. The van der Waals surface area contributed by atoms with Crippen LogP contribution in [0.25, 0.3) is 11.4 Å². The van der Waals surface area contributed by atoms with E-state index in [2.05, 4.69) is 31.1 Å². The molecule has 2 heterocycles. The Hall–Kier alpha value is -2.74. The molecule has 0 spiro atoms. The third kappa shape index (κ3) is 3.60. The van der Waals surface area contributed by atoms with Gasteiger partial charge in [0, 0.05) is 16.9 Å². The molecule has 0 aliphatic carbocycles. The highest BCUT2D eigenvalue weighted by molar-refractivity contribution is 9.10. The number of methoxy groups -OCH3 is 1. The van der Waals surface area contributed by atoms with Crippen molar-refractivity contribution < 1.29 is 18.8 Å². The minimum atomic E-state index is -0.527. The van der Waals surface area contributed by atoms with Crippen molar-refractivity contribution >= 4 is 21.9 Å². The molecule has 7 nitrogen and oxygen atoms in total. The maximum atomic E-state index is 12.0. The summed E-state index contributed by atoms with van der Waals surface area (Å²) in [7, 11) is 1.56. The van der Waals surface area contributed by atoms with E-state index in [0.29, 0.717) is 27.2 Å². The van der Waals surface area contributed by atoms with E-state index in [-0.39, 0.29) is 12.5 Å². The van der Waals surface area contributed by atoms with Gasteiger partial charge in [-0.05, 0) is 34.1 Å². The summed E-state index contributed by atoms with van der Waals surface area (Å²) in [5.41, 5.74) is 1.02. The summed E-state index contributed by atoms with van der Waals surface area (Å²) in [4.78, 5) is 20.1. The monoisotopic (exact) mass is 389 g/mol. The summed E-state index contributed by atoms with van der Waals surface area (Å²) >= 11 is 3.25. The van der Waals surface area contributed by atoms with E-state index >= 15 is 0 Å². The first kappa shape index (κ1) is 16.1. The third-order valence-corrected chi connectivity index (χ3v) is 3.52. The average molecular weight is 390 g/mol. The van der Waals surface area contributed by atoms with E-state index in [4.69, 9.17) is 14.0 Å². The van der Waals surface area contributed by atoms with Crippen LogP contribution < -0.4 is 4.74 Å². The Bertz CT molecular complexity index is 866. The number of hydrogen-bond donors (Lipinski definition) is 0. The zero-order valence-corrected chi connectivity index (χ0v) is 14.2. The number of carbonyl (C=O) groups excluding carboxylic acids is 1. The van der Waals surface area contributed by atoms with Crippen molar-refractivity contribution in [2.45, 2.75) is 6.61 Å². The lowest BCUT2D eigenvalue weighted by Crippen LogP contribution is -2.05. The minimum absolute atomic E-state index is 0.131. The highest BCUT2D eigenvalue weighted by Crippen LogP contribution is 2.27. The van der Waals surface area contributed by atoms with Crippen LogP contribution in [0.1, 0.15) is 16.2 Å². The van der Waals surface area contributed by atoms with E-state index in [1.165, 1.54) is 6.20 Å². The maximum Gasteiger partial charge on any atom is 0.340 e. The second-order valence-electron chi connectivity index (χ2n) is 4.68. The van der Waals surface area contributed by atoms with E-state index in [1.54, 1.807) is 25.4 Å². The molecule has 0 N–H and O–H groups in total. The van der Waals surface area contributed by atoms with Crippen molar-refractivity contribution in [1.29, 1.82) is 0 Å². The molecule has 0 aliphatic heterocycles. The Kier molecular flexibility index (Phi) is 4.85. The lowest BCUT2D eigenvalue weighted by molar-refractivity contribution is 0.0429. The number of pyridine rings is 1. The Balaban J connectivity index is 1.69. The molecule has 122 valence electrons. The zero-order chi connectivity index (χ0) is 16.9. The van der Waals surface area contributed by atoms with Gasteiger partial charge in [-0.3, -0.25) is 4.98 Å². The van der Waals surface area contributed by atoms with Crippen LogP contribution in [0.4, 0.5) is 0 Å². The first-order valence-electron chi connectivity index (χ1n) is 6.91. The number of benzene rings is 1. The molecule has 0 fully saturated rings. The quantitative estimate of drug-likeness (QED) is 0.618. The Labute approximate surface area is 145 Å². The molecule has 8 heteroatoms. The van der Waals surface area contributed by atoms with Crippen LogP contribution in [-0.4, -0.2) is 28.2 Å². The molecule has 0 unspecified atom stereocenters. The molecule has 24 heavy (non-hydrogen) atoms. The number of aromatic nitrogens is 3. The topological polar surface area (TPSA) is 87.3 Å². The summed E-state index contributed by atoms with van der Waals surface area (Å²) < 4.78 is 16.2. The predicted molar refractivity (Wildman–Crippen MR) is 87.3 cm³/mol. The number of esters is 1. The summed E-state index contributed by atoms with van der Waals surface area (Å²) in [6.45, 7) is -0.131. The number of rotatable bonds is 5. The van der Waals surface area contributed by atoms with E-state index in [1.807, 2.05) is 18.2 Å². The van der Waals surface area contributed by atoms with Crippen LogP contribution in [0, 0.1) is 0 Å². The fraction of sp³-hybridized carbons (Fsp3) is 0.125. The first-order chi connectivity index (χ1) is 11.7. The molecule has 0 saturated carbocycles. The highest BCUT2D eigenvalue weighted by Gasteiger charge is 2.15. The van der Waals surface area contributed by atoms with Gasteiger partial charge in [0.25, 0.3) is 5.89 Å². The van der Waals surface area contributed by atoms with Crippen molar-refractivity contribution in [1.82, 2.24) is 15.1 Å². The van der Waals surface area contributed by atoms with E-state index < -0.39 is 5.97 Å². The number of para-hydroxylation sites is 1. The van der Waals surface area contributed by atoms with Gasteiger partial charge >= 0.3 is 5.97 Å². The average Bonchev–Trinajstić information content (AvgIpc) is 3.08. The predicted octanol–water partition coefficient (Wildman–Crippen LogP) is 3.26. The number of nitrogens with zero attached hydrogens (tertiary/aromatic N) is 3. The van der Waals surface area contributed by atoms with Crippen LogP contribution in [0.15, 0.2) is 51.7 Å². The molecule has 3 aromatic rings. The Morgan fingerprint density at radius 2 is 2.12 bits per heavy atom. The third-order valence-electron chi connectivity index (χ3n) is 3.08. The fourth-order valence-corrected chi connectivity index (χ4v) is 2.35.